The molecule has 0 spiro atoms. The summed E-state index contributed by atoms with van der Waals surface area (Å²) in [5, 5.41) is 50.3. The van der Waals surface area contributed by atoms with Gasteiger partial charge < -0.3 is 39.9 Å². The van der Waals surface area contributed by atoms with Crippen LogP contribution < -0.4 is 0 Å². The lowest BCUT2D eigenvalue weighted by Gasteiger charge is -2.41. The molecule has 8 atom stereocenters. The number of carbonyl (C=O) groups excluding carboxylic acids is 2. The number of phosphoric acid groups is 1. The van der Waals surface area contributed by atoms with E-state index in [0.717, 1.165) is 57.8 Å². The van der Waals surface area contributed by atoms with Crippen molar-refractivity contribution in [3.63, 3.8) is 0 Å². The van der Waals surface area contributed by atoms with Gasteiger partial charge in [-0.1, -0.05) is 202 Å². The third-order valence-corrected chi connectivity index (χ3v) is 12.6. The van der Waals surface area contributed by atoms with Gasteiger partial charge in [0.05, 0.1) is 6.61 Å². The molecule has 0 aliphatic heterocycles. The Morgan fingerprint density at radius 1 is 0.478 bits per heavy atom. The summed E-state index contributed by atoms with van der Waals surface area (Å²) in [6.45, 7) is 3.14. The number of hydrogen-bond acceptors (Lipinski definition) is 12. The van der Waals surface area contributed by atoms with Crippen molar-refractivity contribution in [1.29, 1.82) is 0 Å². The van der Waals surface area contributed by atoms with Gasteiger partial charge in [-0.15, -0.1) is 0 Å². The highest BCUT2D eigenvalue weighted by atomic mass is 31.2. The SMILES string of the molecule is CC/C=C\C/C=C\C/C=C\C/C=C\C/C=C\C/C=C\CCC(=O)OC[C@H](COP(=O)(O)OC1C(O)C(O)C(O)[C@@H](O)C1O)OC(=O)CCCCCCCCCCCCCCCCCCCCC. The second-order valence-electron chi connectivity index (χ2n) is 17.7. The van der Waals surface area contributed by atoms with Crippen molar-refractivity contribution >= 4 is 19.8 Å². The number of unbranched alkanes of at least 4 members (excludes halogenated alkanes) is 18. The van der Waals surface area contributed by atoms with Crippen LogP contribution in [0.1, 0.15) is 194 Å². The van der Waals surface area contributed by atoms with E-state index < -0.39 is 75.7 Å². The lowest BCUT2D eigenvalue weighted by atomic mass is 9.85. The Kier molecular flexibility index (Phi) is 39.2. The van der Waals surface area contributed by atoms with Crippen LogP contribution in [-0.2, 0) is 32.7 Å². The maximum Gasteiger partial charge on any atom is 0.472 e. The Morgan fingerprint density at radius 2 is 0.851 bits per heavy atom. The zero-order valence-electron chi connectivity index (χ0n) is 41.2. The summed E-state index contributed by atoms with van der Waals surface area (Å²) >= 11 is 0. The molecule has 0 aromatic rings. The Morgan fingerprint density at radius 3 is 1.27 bits per heavy atom. The van der Waals surface area contributed by atoms with Crippen LogP contribution in [0.5, 0.6) is 0 Å². The quantitative estimate of drug-likeness (QED) is 0.0146. The van der Waals surface area contributed by atoms with Gasteiger partial charge in [-0.25, -0.2) is 4.57 Å². The van der Waals surface area contributed by atoms with E-state index >= 15 is 0 Å². The third-order valence-electron chi connectivity index (χ3n) is 11.6. The van der Waals surface area contributed by atoms with E-state index in [1.165, 1.54) is 89.9 Å². The molecule has 1 aliphatic rings. The minimum atomic E-state index is -5.14. The van der Waals surface area contributed by atoms with Gasteiger partial charge in [-0.3, -0.25) is 18.6 Å². The lowest BCUT2D eigenvalue weighted by molar-refractivity contribution is -0.220. The van der Waals surface area contributed by atoms with Crippen molar-refractivity contribution in [2.75, 3.05) is 13.2 Å². The minimum absolute atomic E-state index is 0.0403. The predicted octanol–water partition coefficient (Wildman–Crippen LogP) is 11.1. The van der Waals surface area contributed by atoms with Gasteiger partial charge >= 0.3 is 19.8 Å². The molecule has 1 fully saturated rings. The predicted molar refractivity (Wildman–Crippen MR) is 267 cm³/mol. The van der Waals surface area contributed by atoms with Crippen LogP contribution >= 0.6 is 7.82 Å². The second kappa shape index (κ2) is 42.2. The standard InChI is InChI=1S/C53H91O13P/c1-3-5-7-9-11-13-15-17-19-21-23-25-27-29-31-33-35-37-39-41-46(54)63-43-45(44-64-67(61,62)66-53-51(59)49(57)48(56)50(58)52(53)60)65-47(55)42-40-38-36-34-32-30-28-26-24-22-20-18-16-14-12-10-8-6-4-2/h5,7,11,13,17,19,23,25,29,31,35,37,45,48-53,56-60H,3-4,6,8-10,12,14-16,18,20-22,24,26-28,30,32-34,36,38-44H2,1-2H3,(H,61,62)/b7-5-,13-11-,19-17-,25-23-,31-29-,37-35-/t45-,48?,49-,50?,51?,52?,53?/m1/s1. The number of phosphoric ester groups is 1. The number of aliphatic hydroxyl groups is 5. The van der Waals surface area contributed by atoms with Crippen LogP contribution in [0.3, 0.4) is 0 Å². The van der Waals surface area contributed by atoms with Crippen LogP contribution in [0.4, 0.5) is 0 Å². The number of carbonyl (C=O) groups is 2. The number of rotatable bonds is 42. The van der Waals surface area contributed by atoms with Gasteiger partial charge in [0.2, 0.25) is 0 Å². The zero-order chi connectivity index (χ0) is 49.2. The molecule has 0 aromatic carbocycles. The molecule has 6 N–H and O–H groups in total. The summed E-state index contributed by atoms with van der Waals surface area (Å²) in [5.41, 5.74) is 0. The first-order chi connectivity index (χ1) is 32.4. The van der Waals surface area contributed by atoms with E-state index in [1.54, 1.807) is 0 Å². The lowest BCUT2D eigenvalue weighted by Crippen LogP contribution is -2.64. The number of hydrogen-bond donors (Lipinski definition) is 6. The van der Waals surface area contributed by atoms with Gasteiger partial charge in [-0.2, -0.15) is 0 Å². The molecule has 1 saturated carbocycles. The van der Waals surface area contributed by atoms with E-state index in [-0.39, 0.29) is 12.8 Å². The Bertz CT molecular complexity index is 1440. The summed E-state index contributed by atoms with van der Waals surface area (Å²) in [7, 11) is -5.14. The van der Waals surface area contributed by atoms with Crippen LogP contribution in [-0.4, -0.2) is 98.3 Å². The fourth-order valence-corrected chi connectivity index (χ4v) is 8.46. The molecule has 0 bridgehead atoms. The third kappa shape index (κ3) is 34.3. The van der Waals surface area contributed by atoms with Crippen LogP contribution in [0, 0.1) is 0 Å². The molecule has 0 saturated heterocycles. The summed E-state index contributed by atoms with van der Waals surface area (Å²) in [5.74, 6) is -1.19. The summed E-state index contributed by atoms with van der Waals surface area (Å²) in [6.07, 6.45) is 41.0. The van der Waals surface area contributed by atoms with Crippen molar-refractivity contribution in [3.8, 4) is 0 Å². The number of allylic oxidation sites excluding steroid dienone is 12. The molecule has 67 heavy (non-hydrogen) atoms. The Balaban J connectivity index is 2.45. The summed E-state index contributed by atoms with van der Waals surface area (Å²) < 4.78 is 33.6. The smallest absolute Gasteiger partial charge is 0.462 e. The average molecular weight is 967 g/mol. The van der Waals surface area contributed by atoms with Crippen LogP contribution in [0.25, 0.3) is 0 Å². The Labute approximate surface area is 404 Å². The van der Waals surface area contributed by atoms with E-state index in [1.807, 2.05) is 18.2 Å². The van der Waals surface area contributed by atoms with Crippen molar-refractivity contribution in [1.82, 2.24) is 0 Å². The molecule has 14 heteroatoms. The normalized spacial score (nSPS) is 21.7. The van der Waals surface area contributed by atoms with E-state index in [9.17, 15) is 44.6 Å². The maximum absolute atomic E-state index is 12.8. The largest absolute Gasteiger partial charge is 0.472 e. The van der Waals surface area contributed by atoms with Crippen molar-refractivity contribution in [2.45, 2.75) is 236 Å². The minimum Gasteiger partial charge on any atom is -0.462 e. The van der Waals surface area contributed by atoms with E-state index in [0.29, 0.717) is 19.3 Å². The van der Waals surface area contributed by atoms with Gasteiger partial charge in [0.25, 0.3) is 0 Å². The molecule has 0 radical (unpaired) electrons. The first-order valence-electron chi connectivity index (χ1n) is 25.7. The van der Waals surface area contributed by atoms with E-state index in [4.69, 9.17) is 18.5 Å². The van der Waals surface area contributed by atoms with Crippen LogP contribution in [0.2, 0.25) is 0 Å². The fourth-order valence-electron chi connectivity index (χ4n) is 7.49. The number of aliphatic hydroxyl groups excluding tert-OH is 5. The van der Waals surface area contributed by atoms with Crippen molar-refractivity contribution in [3.05, 3.63) is 72.9 Å². The van der Waals surface area contributed by atoms with E-state index in [2.05, 4.69) is 68.5 Å². The van der Waals surface area contributed by atoms with Gasteiger partial charge in [-0.05, 0) is 51.4 Å². The zero-order valence-corrected chi connectivity index (χ0v) is 42.1. The first kappa shape index (κ1) is 62.3. The molecule has 13 nitrogen and oxygen atoms in total. The van der Waals surface area contributed by atoms with Gasteiger partial charge in [0.15, 0.2) is 6.10 Å². The molecule has 0 heterocycles. The second-order valence-corrected chi connectivity index (χ2v) is 19.1. The summed E-state index contributed by atoms with van der Waals surface area (Å²) in [6, 6.07) is 0. The number of ether oxygens (including phenoxy) is 2. The monoisotopic (exact) mass is 967 g/mol. The van der Waals surface area contributed by atoms with Gasteiger partial charge in [0.1, 0.15) is 43.2 Å². The molecule has 0 aromatic heterocycles. The van der Waals surface area contributed by atoms with Crippen molar-refractivity contribution in [2.24, 2.45) is 0 Å². The molecule has 0 amide bonds. The molecule has 6 unspecified atom stereocenters. The fraction of sp³-hybridized carbons (Fsp3) is 0.736. The Hall–Kier alpha value is -2.71. The van der Waals surface area contributed by atoms with Crippen LogP contribution in [0.15, 0.2) is 72.9 Å². The highest BCUT2D eigenvalue weighted by molar-refractivity contribution is 7.47. The molecular formula is C53H91O13P. The number of esters is 2. The van der Waals surface area contributed by atoms with Crippen molar-refractivity contribution < 1.29 is 63.1 Å². The maximum atomic E-state index is 12.8. The highest BCUT2D eigenvalue weighted by Gasteiger charge is 2.51. The topological polar surface area (TPSA) is 210 Å². The molecule has 386 valence electrons. The highest BCUT2D eigenvalue weighted by Crippen LogP contribution is 2.47. The van der Waals surface area contributed by atoms with Gasteiger partial charge in [0, 0.05) is 12.8 Å². The molecular weight excluding hydrogens is 876 g/mol. The molecule has 1 aliphatic carbocycles. The first-order valence-corrected chi connectivity index (χ1v) is 27.2. The average Bonchev–Trinajstić information content (AvgIpc) is 3.31. The summed E-state index contributed by atoms with van der Waals surface area (Å²) in [4.78, 5) is 35.8. The molecule has 1 rings (SSSR count).